The van der Waals surface area contributed by atoms with Crippen molar-refractivity contribution in [3.63, 3.8) is 0 Å². The monoisotopic (exact) mass is 844 g/mol. The summed E-state index contributed by atoms with van der Waals surface area (Å²) in [6.07, 6.45) is 2.20. The summed E-state index contributed by atoms with van der Waals surface area (Å²) >= 11 is 12.7. The topological polar surface area (TPSA) is 200 Å². The summed E-state index contributed by atoms with van der Waals surface area (Å²) < 4.78 is 0. The number of fused-ring (bicyclic) bond motifs is 1. The predicted molar refractivity (Wildman–Crippen MR) is 223 cm³/mol. The van der Waals surface area contributed by atoms with E-state index in [1.165, 1.54) is 5.56 Å². The van der Waals surface area contributed by atoms with E-state index in [-0.39, 0.29) is 17.7 Å². The second-order valence-corrected chi connectivity index (χ2v) is 15.8. The predicted octanol–water partition coefficient (Wildman–Crippen LogP) is 7.02. The van der Waals surface area contributed by atoms with Gasteiger partial charge in [-0.3, -0.25) is 19.2 Å². The van der Waals surface area contributed by atoms with Crippen molar-refractivity contribution >= 4 is 69.4 Å². The van der Waals surface area contributed by atoms with Crippen LogP contribution in [0, 0.1) is 11.3 Å². The highest BCUT2D eigenvalue weighted by Crippen LogP contribution is 2.37. The number of halogens is 2. The Morgan fingerprint density at radius 1 is 0.898 bits per heavy atom. The van der Waals surface area contributed by atoms with E-state index in [4.69, 9.17) is 43.6 Å². The van der Waals surface area contributed by atoms with E-state index in [9.17, 15) is 29.2 Å². The van der Waals surface area contributed by atoms with Gasteiger partial charge in [0, 0.05) is 43.7 Å². The van der Waals surface area contributed by atoms with E-state index in [1.54, 1.807) is 11.0 Å². The fourth-order valence-corrected chi connectivity index (χ4v) is 8.11. The highest BCUT2D eigenvalue weighted by atomic mass is 35.5. The quantitative estimate of drug-likeness (QED) is 0.102. The van der Waals surface area contributed by atoms with Crippen LogP contribution in [0.2, 0.25) is 10.0 Å². The molecule has 1 unspecified atom stereocenters. The summed E-state index contributed by atoms with van der Waals surface area (Å²) in [6, 6.07) is 27.6. The van der Waals surface area contributed by atoms with Gasteiger partial charge in [-0.2, -0.15) is 5.26 Å². The number of benzene rings is 4. The molecule has 2 saturated heterocycles. The first-order valence-electron chi connectivity index (χ1n) is 19.2. The van der Waals surface area contributed by atoms with Gasteiger partial charge in [0.25, 0.3) is 5.91 Å². The number of nitriles is 1. The molecule has 2 aliphatic rings. The number of carbonyl (C=O) groups excluding carboxylic acids is 2. The van der Waals surface area contributed by atoms with Gasteiger partial charge in [0.05, 0.1) is 34.5 Å². The lowest BCUT2D eigenvalue weighted by Gasteiger charge is -2.35. The smallest absolute Gasteiger partial charge is 0.336 e. The van der Waals surface area contributed by atoms with Crippen LogP contribution in [0.15, 0.2) is 78.9 Å². The van der Waals surface area contributed by atoms with Crippen molar-refractivity contribution in [2.24, 2.45) is 0 Å². The molecule has 13 nitrogen and oxygen atoms in total. The molecule has 0 aromatic heterocycles. The molecule has 2 heterocycles. The molecule has 4 N–H and O–H groups in total. The summed E-state index contributed by atoms with van der Waals surface area (Å²) in [5.74, 6) is -4.44. The third-order valence-electron chi connectivity index (χ3n) is 10.9. The number of hydrogen-bond donors (Lipinski definition) is 4. The first kappa shape index (κ1) is 44.6. The van der Waals surface area contributed by atoms with Gasteiger partial charge in [-0.05, 0) is 103 Å². The maximum absolute atomic E-state index is 13.9. The third-order valence-corrected chi connectivity index (χ3v) is 11.6. The Hall–Kier alpha value is -5.52. The number of anilines is 1. The van der Waals surface area contributed by atoms with E-state index < -0.39 is 36.4 Å². The number of carbonyl (C=O) groups is 5. The number of piperidine rings is 1. The van der Waals surface area contributed by atoms with E-state index in [0.717, 1.165) is 73.9 Å². The third kappa shape index (κ3) is 11.4. The van der Waals surface area contributed by atoms with E-state index in [1.807, 2.05) is 66.5 Å². The van der Waals surface area contributed by atoms with Crippen LogP contribution in [0.25, 0.3) is 10.8 Å². The normalized spacial score (nSPS) is 15.2. The molecule has 0 aliphatic carbocycles. The lowest BCUT2D eigenvalue weighted by atomic mass is 9.87. The molecule has 0 bridgehead atoms. The van der Waals surface area contributed by atoms with Crippen LogP contribution >= 0.6 is 23.2 Å². The molecule has 2 aliphatic heterocycles. The second-order valence-electron chi connectivity index (χ2n) is 15.0. The lowest BCUT2D eigenvalue weighted by molar-refractivity contribution is -0.170. The second kappa shape index (κ2) is 20.0. The lowest BCUT2D eigenvalue weighted by Crippen LogP contribution is -2.42. The molecule has 2 fully saturated rings. The molecule has 310 valence electrons. The van der Waals surface area contributed by atoms with Gasteiger partial charge in [-0.15, -0.1) is 0 Å². The maximum atomic E-state index is 13.9. The summed E-state index contributed by atoms with van der Waals surface area (Å²) in [6.45, 7) is 4.14. The summed E-state index contributed by atoms with van der Waals surface area (Å²) in [7, 11) is 1.83. The van der Waals surface area contributed by atoms with Crippen LogP contribution in [0.3, 0.4) is 0 Å². The highest BCUT2D eigenvalue weighted by Gasteiger charge is 2.41. The molecule has 59 heavy (non-hydrogen) atoms. The Morgan fingerprint density at radius 2 is 1.56 bits per heavy atom. The molecular weight excluding hydrogens is 799 g/mol. The molecule has 1 atom stereocenters. The molecule has 15 heteroatoms. The summed E-state index contributed by atoms with van der Waals surface area (Å²) in [5, 5.41) is 46.1. The number of likely N-dealkylation sites (tertiary alicyclic amines) is 1. The Morgan fingerprint density at radius 3 is 2.17 bits per heavy atom. The number of para-hydroxylation sites is 1. The van der Waals surface area contributed by atoms with Crippen LogP contribution in [0.5, 0.6) is 0 Å². The van der Waals surface area contributed by atoms with Gasteiger partial charge < -0.3 is 35.1 Å². The Labute approximate surface area is 352 Å². The van der Waals surface area contributed by atoms with Crippen LogP contribution in [-0.2, 0) is 19.2 Å². The number of carboxylic acids is 3. The van der Waals surface area contributed by atoms with Gasteiger partial charge >= 0.3 is 17.9 Å². The van der Waals surface area contributed by atoms with Crippen molar-refractivity contribution in [1.29, 1.82) is 5.26 Å². The Balaban J connectivity index is 0.000000439. The van der Waals surface area contributed by atoms with Crippen molar-refractivity contribution in [3.8, 4) is 6.07 Å². The Kier molecular flexibility index (Phi) is 15.1. The van der Waals surface area contributed by atoms with Gasteiger partial charge in [-0.1, -0.05) is 71.7 Å². The number of carboxylic acid groups (broad SMARTS) is 3. The number of likely N-dealkylation sites (N-methyl/N-ethyl adjacent to an activating group) is 1. The average Bonchev–Trinajstić information content (AvgIpc) is 3.64. The number of nitrogens with zero attached hydrogens (tertiary/aromatic N) is 4. The standard InChI is InChI=1S/C38H38Cl2N4O2.C6H8O7/c1-42(38(46)33-22-26(24-41)21-29-7-2-3-8-31(29)33)25-30(28-12-13-34(39)35(40)23-28)16-20-43-18-14-27(15-19-43)32-9-4-5-10-36(32)44-17-6-11-37(44)45;7-3(8)1-6(13,5(11)12)2-4(9)10/h2-5,7-10,12-13,21-23,27,30H,6,11,14-20,25H2,1H3;13H,1-2H2,(H,7,8)(H,9,10)(H,11,12). The zero-order valence-corrected chi connectivity index (χ0v) is 34.0. The van der Waals surface area contributed by atoms with Crippen molar-refractivity contribution in [2.45, 2.75) is 62.4 Å². The molecule has 0 radical (unpaired) electrons. The fourth-order valence-electron chi connectivity index (χ4n) is 7.80. The van der Waals surface area contributed by atoms with Crippen molar-refractivity contribution < 1.29 is 44.4 Å². The minimum Gasteiger partial charge on any atom is -0.481 e. The molecule has 6 rings (SSSR count). The van der Waals surface area contributed by atoms with Crippen LogP contribution < -0.4 is 4.90 Å². The zero-order valence-electron chi connectivity index (χ0n) is 32.5. The minimum atomic E-state index is -2.74. The number of hydrogen-bond acceptors (Lipinski definition) is 8. The van der Waals surface area contributed by atoms with E-state index >= 15 is 0 Å². The van der Waals surface area contributed by atoms with Crippen molar-refractivity contribution in [2.75, 3.05) is 44.7 Å². The summed E-state index contributed by atoms with van der Waals surface area (Å²) in [5.41, 5.74) is 1.68. The Bertz CT molecular complexity index is 2240. The molecule has 0 saturated carbocycles. The molecule has 4 aromatic carbocycles. The summed E-state index contributed by atoms with van der Waals surface area (Å²) in [4.78, 5) is 63.1. The molecular formula is C44H46Cl2N4O9. The van der Waals surface area contributed by atoms with Crippen molar-refractivity contribution in [3.05, 3.63) is 111 Å². The number of amides is 2. The molecule has 2 amide bonds. The highest BCUT2D eigenvalue weighted by molar-refractivity contribution is 6.42. The van der Waals surface area contributed by atoms with Gasteiger partial charge in [-0.25, -0.2) is 4.79 Å². The SMILES string of the molecule is CN(CC(CCN1CCC(c2ccccc2N2CCCC2=O)CC1)c1ccc(Cl)c(Cl)c1)C(=O)c1cc(C#N)cc2ccccc12.O=C(O)CC(O)(CC(=O)O)C(=O)O. The zero-order chi connectivity index (χ0) is 42.9. The molecule has 4 aromatic rings. The number of aliphatic hydroxyl groups is 1. The van der Waals surface area contributed by atoms with Gasteiger partial charge in [0.2, 0.25) is 5.91 Å². The maximum Gasteiger partial charge on any atom is 0.336 e. The first-order chi connectivity index (χ1) is 28.1. The largest absolute Gasteiger partial charge is 0.481 e. The minimum absolute atomic E-state index is 0.0359. The van der Waals surface area contributed by atoms with Crippen LogP contribution in [0.4, 0.5) is 5.69 Å². The van der Waals surface area contributed by atoms with Crippen LogP contribution in [-0.4, -0.2) is 105 Å². The van der Waals surface area contributed by atoms with E-state index in [0.29, 0.717) is 40.1 Å². The number of aliphatic carboxylic acids is 3. The number of rotatable bonds is 14. The molecule has 0 spiro atoms. The van der Waals surface area contributed by atoms with E-state index in [2.05, 4.69) is 29.2 Å². The van der Waals surface area contributed by atoms with Crippen LogP contribution in [0.1, 0.15) is 83.8 Å². The average molecular weight is 846 g/mol. The first-order valence-corrected chi connectivity index (χ1v) is 20.0. The fraction of sp³-hybridized carbons (Fsp3) is 0.364. The van der Waals surface area contributed by atoms with Crippen molar-refractivity contribution in [1.82, 2.24) is 9.80 Å². The van der Waals surface area contributed by atoms with Gasteiger partial charge in [0.15, 0.2) is 5.60 Å². The van der Waals surface area contributed by atoms with Gasteiger partial charge in [0.1, 0.15) is 0 Å².